The van der Waals surface area contributed by atoms with Gasteiger partial charge < -0.3 is 14.2 Å². The Morgan fingerprint density at radius 2 is 1.53 bits per heavy atom. The summed E-state index contributed by atoms with van der Waals surface area (Å²) in [7, 11) is 4.61. The van der Waals surface area contributed by atoms with Crippen LogP contribution in [-0.2, 0) is 0 Å². The number of ketones is 1. The summed E-state index contributed by atoms with van der Waals surface area (Å²) in [5.41, 5.74) is 0.875. The van der Waals surface area contributed by atoms with Crippen molar-refractivity contribution < 1.29 is 19.0 Å². The van der Waals surface area contributed by atoms with E-state index in [1.165, 1.54) is 14.2 Å². The van der Waals surface area contributed by atoms with Gasteiger partial charge in [0.15, 0.2) is 17.3 Å². The molecule has 4 nitrogen and oxygen atoms in total. The fraction of sp³-hybridized carbons (Fsp3) is 0.533. The quantitative estimate of drug-likeness (QED) is 0.785. The number of methoxy groups -OCH3 is 3. The minimum Gasteiger partial charge on any atom is -0.493 e. The fourth-order valence-corrected chi connectivity index (χ4v) is 1.94. The second kappa shape index (κ2) is 5.51. The van der Waals surface area contributed by atoms with Gasteiger partial charge in [-0.3, -0.25) is 4.79 Å². The molecule has 0 amide bonds. The van der Waals surface area contributed by atoms with Gasteiger partial charge in [0.2, 0.25) is 5.75 Å². The largest absolute Gasteiger partial charge is 0.493 e. The Labute approximate surface area is 114 Å². The molecule has 0 unspecified atom stereocenters. The minimum absolute atomic E-state index is 0.0165. The fourth-order valence-electron chi connectivity index (χ4n) is 1.94. The van der Waals surface area contributed by atoms with Crippen molar-refractivity contribution in [2.24, 2.45) is 5.41 Å². The first-order valence-electron chi connectivity index (χ1n) is 6.12. The molecule has 1 aromatic carbocycles. The van der Waals surface area contributed by atoms with Crippen molar-refractivity contribution >= 4 is 5.78 Å². The molecule has 0 bridgehead atoms. The SMILES string of the molecule is COc1cc(C)c(C(=O)C(C)(C)C)c(OC)c1OC. The molecule has 0 aromatic heterocycles. The highest BCUT2D eigenvalue weighted by Gasteiger charge is 2.30. The summed E-state index contributed by atoms with van der Waals surface area (Å²) in [6, 6.07) is 1.79. The third-order valence-corrected chi connectivity index (χ3v) is 2.94. The Hall–Kier alpha value is -1.71. The van der Waals surface area contributed by atoms with Crippen molar-refractivity contribution in [2.75, 3.05) is 21.3 Å². The van der Waals surface area contributed by atoms with Gasteiger partial charge in [0.25, 0.3) is 0 Å². The van der Waals surface area contributed by atoms with Gasteiger partial charge in [-0.1, -0.05) is 20.8 Å². The zero-order chi connectivity index (χ0) is 14.8. The summed E-state index contributed by atoms with van der Waals surface area (Å²) in [5.74, 6) is 1.45. The van der Waals surface area contributed by atoms with Crippen LogP contribution in [-0.4, -0.2) is 27.1 Å². The Kier molecular flexibility index (Phi) is 4.45. The third-order valence-electron chi connectivity index (χ3n) is 2.94. The van der Waals surface area contributed by atoms with Gasteiger partial charge in [-0.05, 0) is 18.6 Å². The predicted octanol–water partition coefficient (Wildman–Crippen LogP) is 3.25. The summed E-state index contributed by atoms with van der Waals surface area (Å²) in [6.07, 6.45) is 0. The van der Waals surface area contributed by atoms with Crippen LogP contribution in [0.3, 0.4) is 0 Å². The van der Waals surface area contributed by atoms with Crippen molar-refractivity contribution in [3.8, 4) is 17.2 Å². The van der Waals surface area contributed by atoms with Gasteiger partial charge in [-0.15, -0.1) is 0 Å². The van der Waals surface area contributed by atoms with Gasteiger partial charge in [0.05, 0.1) is 26.9 Å². The minimum atomic E-state index is -0.488. The van der Waals surface area contributed by atoms with Crippen LogP contribution < -0.4 is 14.2 Å². The molecule has 0 aliphatic rings. The van der Waals surface area contributed by atoms with E-state index in [1.54, 1.807) is 13.2 Å². The smallest absolute Gasteiger partial charge is 0.204 e. The molecule has 0 N–H and O–H groups in total. The molecule has 0 fully saturated rings. The van der Waals surface area contributed by atoms with E-state index in [0.29, 0.717) is 22.8 Å². The van der Waals surface area contributed by atoms with E-state index in [1.807, 2.05) is 27.7 Å². The van der Waals surface area contributed by atoms with E-state index in [9.17, 15) is 4.79 Å². The Bertz CT molecular complexity index is 484. The zero-order valence-electron chi connectivity index (χ0n) is 12.7. The van der Waals surface area contributed by atoms with Crippen LogP contribution in [0.15, 0.2) is 6.07 Å². The topological polar surface area (TPSA) is 44.8 Å². The van der Waals surface area contributed by atoms with Gasteiger partial charge in [-0.2, -0.15) is 0 Å². The molecule has 0 aliphatic carbocycles. The highest BCUT2D eigenvalue weighted by atomic mass is 16.5. The van der Waals surface area contributed by atoms with Crippen molar-refractivity contribution in [3.05, 3.63) is 17.2 Å². The van der Waals surface area contributed by atoms with Crippen LogP contribution >= 0.6 is 0 Å². The molecule has 0 atom stereocenters. The highest BCUT2D eigenvalue weighted by Crippen LogP contribution is 2.43. The van der Waals surface area contributed by atoms with Crippen molar-refractivity contribution in [1.82, 2.24) is 0 Å². The third kappa shape index (κ3) is 2.83. The molecule has 0 saturated carbocycles. The molecule has 4 heteroatoms. The molecule has 0 spiro atoms. The number of carbonyl (C=O) groups excluding carboxylic acids is 1. The van der Waals surface area contributed by atoms with Crippen LogP contribution in [0.2, 0.25) is 0 Å². The number of rotatable bonds is 4. The molecular weight excluding hydrogens is 244 g/mol. The lowest BCUT2D eigenvalue weighted by Crippen LogP contribution is -2.22. The predicted molar refractivity (Wildman–Crippen MR) is 74.6 cm³/mol. The second-order valence-corrected chi connectivity index (χ2v) is 5.42. The van der Waals surface area contributed by atoms with E-state index in [-0.39, 0.29) is 5.78 Å². The lowest BCUT2D eigenvalue weighted by atomic mass is 9.84. The summed E-state index contributed by atoms with van der Waals surface area (Å²) < 4.78 is 16.0. The van der Waals surface area contributed by atoms with Crippen LogP contribution in [0.4, 0.5) is 0 Å². The monoisotopic (exact) mass is 266 g/mol. The number of hydrogen-bond donors (Lipinski definition) is 0. The normalized spacial score (nSPS) is 11.1. The first-order chi connectivity index (χ1) is 8.77. The van der Waals surface area contributed by atoms with Crippen LogP contribution in [0, 0.1) is 12.3 Å². The Morgan fingerprint density at radius 1 is 1.00 bits per heavy atom. The van der Waals surface area contributed by atoms with Crippen molar-refractivity contribution in [1.29, 1.82) is 0 Å². The van der Waals surface area contributed by atoms with Gasteiger partial charge >= 0.3 is 0 Å². The maximum Gasteiger partial charge on any atom is 0.204 e. The van der Waals surface area contributed by atoms with E-state index < -0.39 is 5.41 Å². The van der Waals surface area contributed by atoms with Crippen LogP contribution in [0.5, 0.6) is 17.2 Å². The number of benzene rings is 1. The molecular formula is C15H22O4. The molecule has 1 rings (SSSR count). The molecule has 0 saturated heterocycles. The van der Waals surface area contributed by atoms with Gasteiger partial charge in [0.1, 0.15) is 0 Å². The van der Waals surface area contributed by atoms with E-state index in [2.05, 4.69) is 0 Å². The van der Waals surface area contributed by atoms with Gasteiger partial charge in [-0.25, -0.2) is 0 Å². The second-order valence-electron chi connectivity index (χ2n) is 5.42. The number of carbonyl (C=O) groups is 1. The summed E-state index contributed by atoms with van der Waals surface area (Å²) in [6.45, 7) is 7.50. The summed E-state index contributed by atoms with van der Waals surface area (Å²) in [5, 5.41) is 0. The molecule has 19 heavy (non-hydrogen) atoms. The maximum atomic E-state index is 12.6. The molecule has 0 radical (unpaired) electrons. The van der Waals surface area contributed by atoms with E-state index in [4.69, 9.17) is 14.2 Å². The number of hydrogen-bond acceptors (Lipinski definition) is 4. The summed E-state index contributed by atoms with van der Waals surface area (Å²) in [4.78, 5) is 12.6. The maximum absolute atomic E-state index is 12.6. The zero-order valence-corrected chi connectivity index (χ0v) is 12.7. The lowest BCUT2D eigenvalue weighted by molar-refractivity contribution is 0.0853. The molecule has 106 valence electrons. The standard InChI is InChI=1S/C15H22O4/c1-9-8-10(17-5)12(18-6)13(19-7)11(9)14(16)15(2,3)4/h8H,1-7H3. The average Bonchev–Trinajstić information content (AvgIpc) is 2.35. The first kappa shape index (κ1) is 15.3. The lowest BCUT2D eigenvalue weighted by Gasteiger charge is -2.22. The number of aryl methyl sites for hydroxylation is 1. The van der Waals surface area contributed by atoms with Crippen molar-refractivity contribution in [3.63, 3.8) is 0 Å². The first-order valence-corrected chi connectivity index (χ1v) is 6.12. The Morgan fingerprint density at radius 3 is 1.89 bits per heavy atom. The number of ether oxygens (including phenoxy) is 3. The number of Topliss-reactive ketones (excluding diaryl/α,β-unsaturated/α-hetero) is 1. The highest BCUT2D eigenvalue weighted by molar-refractivity contribution is 6.04. The molecule has 1 aromatic rings. The average molecular weight is 266 g/mol. The molecule has 0 heterocycles. The van der Waals surface area contributed by atoms with Gasteiger partial charge in [0, 0.05) is 5.41 Å². The van der Waals surface area contributed by atoms with Crippen LogP contribution in [0.1, 0.15) is 36.7 Å². The van der Waals surface area contributed by atoms with Crippen molar-refractivity contribution in [2.45, 2.75) is 27.7 Å². The van der Waals surface area contributed by atoms with Crippen LogP contribution in [0.25, 0.3) is 0 Å². The summed E-state index contributed by atoms with van der Waals surface area (Å²) >= 11 is 0. The Balaban J connectivity index is 3.60. The van der Waals surface area contributed by atoms with E-state index in [0.717, 1.165) is 5.56 Å². The molecule has 0 aliphatic heterocycles. The van der Waals surface area contributed by atoms with E-state index >= 15 is 0 Å².